The highest BCUT2D eigenvalue weighted by Gasteiger charge is 2.54. The molecule has 1 fully saturated rings. The summed E-state index contributed by atoms with van der Waals surface area (Å²) in [6, 6.07) is -0.886. The molecule has 1 aromatic rings. The van der Waals surface area contributed by atoms with Crippen LogP contribution in [0.15, 0.2) is 22.6 Å². The molecule has 2 unspecified atom stereocenters. The van der Waals surface area contributed by atoms with Crippen molar-refractivity contribution in [3.8, 4) is 0 Å². The highest BCUT2D eigenvalue weighted by Crippen LogP contribution is 2.40. The van der Waals surface area contributed by atoms with Crippen molar-refractivity contribution in [3.05, 3.63) is 22.3 Å². The molecule has 28 heavy (non-hydrogen) atoms. The van der Waals surface area contributed by atoms with E-state index in [9.17, 15) is 19.5 Å². The third-order valence-electron chi connectivity index (χ3n) is 4.01. The maximum Gasteiger partial charge on any atom is 0.352 e. The minimum absolute atomic E-state index is 0.0715. The van der Waals surface area contributed by atoms with Gasteiger partial charge in [-0.1, -0.05) is 16.5 Å². The van der Waals surface area contributed by atoms with E-state index in [1.54, 1.807) is 0 Å². The van der Waals surface area contributed by atoms with Crippen molar-refractivity contribution >= 4 is 51.7 Å². The molecule has 4 N–H and O–H groups in total. The zero-order chi connectivity index (χ0) is 20.4. The van der Waals surface area contributed by atoms with Gasteiger partial charge in [-0.3, -0.25) is 14.5 Å². The zero-order valence-electron chi connectivity index (χ0n) is 14.9. The molecule has 0 aromatic carbocycles. The maximum atomic E-state index is 12.6. The van der Waals surface area contributed by atoms with E-state index < -0.39 is 29.2 Å². The van der Waals surface area contributed by atoms with E-state index in [1.165, 1.54) is 37.1 Å². The van der Waals surface area contributed by atoms with Gasteiger partial charge in [0.25, 0.3) is 11.8 Å². The Morgan fingerprint density at radius 2 is 2.25 bits per heavy atom. The molecular weight excluding hydrogens is 410 g/mol. The highest BCUT2D eigenvalue weighted by molar-refractivity contribution is 8.00. The Balaban J connectivity index is 1.78. The summed E-state index contributed by atoms with van der Waals surface area (Å²) in [5.74, 6) is -2.00. The number of nitrogen functional groups attached to an aromatic ring is 1. The van der Waals surface area contributed by atoms with Crippen molar-refractivity contribution in [2.24, 2.45) is 5.16 Å². The van der Waals surface area contributed by atoms with Crippen LogP contribution in [0.2, 0.25) is 0 Å². The van der Waals surface area contributed by atoms with E-state index in [0.717, 1.165) is 11.3 Å². The normalized spacial score (nSPS) is 21.9. The Hall–Kier alpha value is -2.64. The number of methoxy groups -OCH3 is 1. The fraction of sp³-hybridized carbons (Fsp3) is 0.400. The maximum absolute atomic E-state index is 12.6. The molecule has 0 bridgehead atoms. The standard InChI is InChI=1S/C15H17N5O6S2/c1-25-4-6-5-27-13-9(12(22)20(13)10(6)14(23)24)18-11(21)8(19-26-2)7-3-17-15(16)28-7/h3,9,13H,4-5H2,1-2H3,(H2,16,17)(H,18,21)(H,23,24). The molecular formula is C15H17N5O6S2. The number of thioether (sulfide) groups is 1. The number of nitrogens with one attached hydrogen (secondary N) is 1. The van der Waals surface area contributed by atoms with Crippen LogP contribution in [0.5, 0.6) is 0 Å². The van der Waals surface area contributed by atoms with Crippen molar-refractivity contribution in [2.45, 2.75) is 11.4 Å². The van der Waals surface area contributed by atoms with E-state index in [2.05, 4.69) is 15.5 Å². The lowest BCUT2D eigenvalue weighted by atomic mass is 10.0. The summed E-state index contributed by atoms with van der Waals surface area (Å²) in [4.78, 5) is 47.0. The van der Waals surface area contributed by atoms with Crippen LogP contribution in [0.4, 0.5) is 5.13 Å². The Labute approximate surface area is 167 Å². The number of rotatable bonds is 7. The quantitative estimate of drug-likeness (QED) is 0.295. The van der Waals surface area contributed by atoms with Crippen LogP contribution in [-0.2, 0) is 24.0 Å². The number of carboxylic acids is 1. The van der Waals surface area contributed by atoms with Gasteiger partial charge in [-0.2, -0.15) is 0 Å². The Kier molecular flexibility index (Phi) is 5.86. The summed E-state index contributed by atoms with van der Waals surface area (Å²) in [7, 11) is 2.74. The number of nitrogens with zero attached hydrogens (tertiary/aromatic N) is 3. The van der Waals surface area contributed by atoms with Gasteiger partial charge in [0.2, 0.25) is 0 Å². The van der Waals surface area contributed by atoms with Crippen molar-refractivity contribution in [2.75, 3.05) is 32.3 Å². The number of hydrogen-bond donors (Lipinski definition) is 3. The third-order valence-corrected chi connectivity index (χ3v) is 6.18. The predicted molar refractivity (Wildman–Crippen MR) is 102 cm³/mol. The lowest BCUT2D eigenvalue weighted by Gasteiger charge is -2.49. The molecule has 3 rings (SSSR count). The zero-order valence-corrected chi connectivity index (χ0v) is 16.5. The molecule has 2 aliphatic rings. The van der Waals surface area contributed by atoms with Crippen molar-refractivity contribution in [1.29, 1.82) is 0 Å². The lowest BCUT2D eigenvalue weighted by molar-refractivity contribution is -0.150. The van der Waals surface area contributed by atoms with Crippen molar-refractivity contribution < 1.29 is 29.1 Å². The first-order valence-corrected chi connectivity index (χ1v) is 9.78. The van der Waals surface area contributed by atoms with Crippen LogP contribution in [0.25, 0.3) is 0 Å². The predicted octanol–water partition coefficient (Wildman–Crippen LogP) is -0.539. The van der Waals surface area contributed by atoms with Crippen LogP contribution in [0.3, 0.4) is 0 Å². The van der Waals surface area contributed by atoms with E-state index in [0.29, 0.717) is 16.2 Å². The second kappa shape index (κ2) is 8.16. The first kappa shape index (κ1) is 20.1. The van der Waals surface area contributed by atoms with Crippen LogP contribution in [0, 0.1) is 0 Å². The molecule has 0 radical (unpaired) electrons. The summed E-state index contributed by atoms with van der Waals surface area (Å²) >= 11 is 2.40. The monoisotopic (exact) mass is 427 g/mol. The summed E-state index contributed by atoms with van der Waals surface area (Å²) in [5, 5.41) is 15.5. The molecule has 1 aromatic heterocycles. The lowest BCUT2D eigenvalue weighted by Crippen LogP contribution is -2.71. The molecule has 3 heterocycles. The number of amides is 2. The second-order valence-corrected chi connectivity index (χ2v) is 7.90. The number of nitrogens with two attached hydrogens (primary N) is 1. The molecule has 13 heteroatoms. The topological polar surface area (TPSA) is 156 Å². The van der Waals surface area contributed by atoms with Gasteiger partial charge in [0.1, 0.15) is 24.2 Å². The first-order valence-electron chi connectivity index (χ1n) is 7.91. The fourth-order valence-electron chi connectivity index (χ4n) is 2.86. The minimum atomic E-state index is -1.21. The number of carbonyl (C=O) groups excluding carboxylic acids is 2. The van der Waals surface area contributed by atoms with Crippen LogP contribution >= 0.6 is 23.1 Å². The molecule has 150 valence electrons. The van der Waals surface area contributed by atoms with Crippen molar-refractivity contribution in [1.82, 2.24) is 15.2 Å². The molecule has 11 nitrogen and oxygen atoms in total. The Morgan fingerprint density at radius 3 is 2.82 bits per heavy atom. The number of fused-ring (bicyclic) bond motifs is 1. The van der Waals surface area contributed by atoms with Gasteiger partial charge < -0.3 is 25.7 Å². The molecule has 0 aliphatic carbocycles. The fourth-order valence-corrected chi connectivity index (χ4v) is 4.85. The van der Waals surface area contributed by atoms with Gasteiger partial charge in [-0.05, 0) is 5.57 Å². The molecule has 1 saturated heterocycles. The van der Waals surface area contributed by atoms with Crippen LogP contribution in [0.1, 0.15) is 4.88 Å². The summed E-state index contributed by atoms with van der Waals surface area (Å²) in [5.41, 5.74) is 5.93. The van der Waals surface area contributed by atoms with E-state index in [1.807, 2.05) is 0 Å². The molecule has 2 atom stereocenters. The molecule has 2 aliphatic heterocycles. The minimum Gasteiger partial charge on any atom is -0.477 e. The number of hydrogen-bond acceptors (Lipinski definition) is 10. The number of thiazole rings is 1. The summed E-state index contributed by atoms with van der Waals surface area (Å²) < 4.78 is 5.02. The number of aliphatic carboxylic acids is 1. The van der Waals surface area contributed by atoms with Gasteiger partial charge in [0.05, 0.1) is 11.5 Å². The summed E-state index contributed by atoms with van der Waals surface area (Å²) in [6.45, 7) is 0.111. The van der Waals surface area contributed by atoms with E-state index in [-0.39, 0.29) is 23.1 Å². The molecule has 2 amide bonds. The number of carboxylic acid groups (broad SMARTS) is 1. The van der Waals surface area contributed by atoms with Crippen LogP contribution in [-0.4, -0.2) is 76.5 Å². The highest BCUT2D eigenvalue weighted by atomic mass is 32.2. The number of aromatic nitrogens is 1. The number of anilines is 1. The number of β-lactam (4-membered cyclic amide) rings is 1. The Morgan fingerprint density at radius 1 is 1.50 bits per heavy atom. The third kappa shape index (κ3) is 3.55. The average Bonchev–Trinajstić information content (AvgIpc) is 3.09. The number of oxime groups is 1. The van der Waals surface area contributed by atoms with E-state index in [4.69, 9.17) is 15.3 Å². The number of carbonyl (C=O) groups is 3. The van der Waals surface area contributed by atoms with Crippen molar-refractivity contribution in [3.63, 3.8) is 0 Å². The Bertz CT molecular complexity index is 882. The number of ether oxygens (including phenoxy) is 1. The average molecular weight is 427 g/mol. The van der Waals surface area contributed by atoms with Gasteiger partial charge in [-0.15, -0.1) is 11.8 Å². The molecule has 0 saturated carbocycles. The smallest absolute Gasteiger partial charge is 0.352 e. The van der Waals surface area contributed by atoms with E-state index >= 15 is 0 Å². The van der Waals surface area contributed by atoms with Gasteiger partial charge in [-0.25, -0.2) is 9.78 Å². The molecule has 0 spiro atoms. The SMILES string of the molecule is COCC1=C(C(=O)O)N2C(=O)C(NC(=O)C(=NOC)c3cnc(N)s3)C2SC1. The van der Waals surface area contributed by atoms with Gasteiger partial charge >= 0.3 is 5.97 Å². The van der Waals surface area contributed by atoms with Gasteiger partial charge in [0, 0.05) is 19.1 Å². The largest absolute Gasteiger partial charge is 0.477 e. The second-order valence-electron chi connectivity index (χ2n) is 5.74. The first-order chi connectivity index (χ1) is 13.4. The summed E-state index contributed by atoms with van der Waals surface area (Å²) in [6.07, 6.45) is 1.38. The van der Waals surface area contributed by atoms with Crippen LogP contribution < -0.4 is 11.1 Å². The van der Waals surface area contributed by atoms with Gasteiger partial charge in [0.15, 0.2) is 10.8 Å².